The Bertz CT molecular complexity index is 73.4. The summed E-state index contributed by atoms with van der Waals surface area (Å²) >= 11 is 27.3. The van der Waals surface area contributed by atoms with Gasteiger partial charge >= 0.3 is 0 Å². The predicted molar refractivity (Wildman–Crippen MR) is 45.5 cm³/mol. The molecule has 0 saturated heterocycles. The van der Waals surface area contributed by atoms with Gasteiger partial charge < -0.3 is 0 Å². The van der Waals surface area contributed by atoms with Crippen molar-refractivity contribution < 1.29 is 0 Å². The molecule has 0 saturated carbocycles. The molecule has 0 aliphatic carbocycles. The van der Waals surface area contributed by atoms with Crippen LogP contribution in [-0.2, 0) is 0 Å². The summed E-state index contributed by atoms with van der Waals surface area (Å²) in [5.41, 5.74) is 0. The zero-order valence-electron chi connectivity index (χ0n) is 4.33. The first-order valence-corrected chi connectivity index (χ1v) is 4.50. The highest BCUT2D eigenvalue weighted by Crippen LogP contribution is 2.21. The van der Waals surface area contributed by atoms with Crippen molar-refractivity contribution in [1.82, 2.24) is 0 Å². The molecule has 0 aliphatic heterocycles. The van der Waals surface area contributed by atoms with Gasteiger partial charge in [-0.25, -0.2) is 0 Å². The average Bonchev–Trinajstić information content (AvgIpc) is 1.84. The van der Waals surface area contributed by atoms with Crippen LogP contribution < -0.4 is 0 Å². The van der Waals surface area contributed by atoms with E-state index in [1.807, 2.05) is 0 Å². The van der Waals surface area contributed by atoms with Gasteiger partial charge in [0.05, 0.1) is 10.8 Å². The molecule has 0 aliphatic rings. The Morgan fingerprint density at radius 2 is 1.44 bits per heavy atom. The first kappa shape index (κ1) is 10.4. The molecule has 0 rings (SSSR count). The summed E-state index contributed by atoms with van der Waals surface area (Å²) in [7, 11) is 0. The smallest absolute Gasteiger partial charge is 0.125 e. The average molecular weight is 230 g/mol. The lowest BCUT2D eigenvalue weighted by molar-refractivity contribution is 0.884. The van der Waals surface area contributed by atoms with Gasteiger partial charge in [0.2, 0.25) is 0 Å². The van der Waals surface area contributed by atoms with E-state index in [2.05, 4.69) is 0 Å². The van der Waals surface area contributed by atoms with Gasteiger partial charge in [-0.15, -0.1) is 58.0 Å². The van der Waals surface area contributed by atoms with Crippen LogP contribution in [0.2, 0.25) is 0 Å². The van der Waals surface area contributed by atoms with E-state index < -0.39 is 10.2 Å². The second-order valence-corrected chi connectivity index (χ2v) is 3.99. The van der Waals surface area contributed by atoms with Gasteiger partial charge in [0.15, 0.2) is 0 Å². The van der Waals surface area contributed by atoms with Crippen molar-refractivity contribution in [3.63, 3.8) is 0 Å². The maximum absolute atomic E-state index is 5.59. The molecule has 0 aromatic carbocycles. The van der Waals surface area contributed by atoms with E-state index in [1.165, 1.54) is 0 Å². The maximum Gasteiger partial charge on any atom is 0.125 e. The number of hydrogen-bond acceptors (Lipinski definition) is 0. The summed E-state index contributed by atoms with van der Waals surface area (Å²) in [6, 6.07) is 0. The van der Waals surface area contributed by atoms with Crippen molar-refractivity contribution in [2.24, 2.45) is 0 Å². The molecule has 0 radical (unpaired) electrons. The molecule has 0 fully saturated rings. The van der Waals surface area contributed by atoms with Crippen LogP contribution >= 0.6 is 58.0 Å². The SMILES string of the molecule is ClC[C@@H](Cl)[C@H](Cl)C(Cl)Cl. The molecule has 0 spiro atoms. The third kappa shape index (κ3) is 4.00. The van der Waals surface area contributed by atoms with E-state index in [-0.39, 0.29) is 11.3 Å². The van der Waals surface area contributed by atoms with Crippen LogP contribution in [0.5, 0.6) is 0 Å². The summed E-state index contributed by atoms with van der Waals surface area (Å²) in [4.78, 5) is -0.659. The summed E-state index contributed by atoms with van der Waals surface area (Å²) in [5.74, 6) is 0.256. The Labute approximate surface area is 79.4 Å². The zero-order valence-corrected chi connectivity index (χ0v) is 8.11. The Balaban J connectivity index is 3.58. The van der Waals surface area contributed by atoms with E-state index in [4.69, 9.17) is 58.0 Å². The molecule has 5 heteroatoms. The third-order valence-electron chi connectivity index (χ3n) is 0.734. The standard InChI is InChI=1S/C4H5Cl5/c5-1-2(6)3(7)4(8)9/h2-4H,1H2/t2-,3+/m1/s1. The van der Waals surface area contributed by atoms with Crippen LogP contribution in [0.15, 0.2) is 0 Å². The second-order valence-electron chi connectivity index (χ2n) is 1.45. The lowest BCUT2D eigenvalue weighted by Gasteiger charge is -2.12. The molecular formula is C4H5Cl5. The molecule has 56 valence electrons. The summed E-state index contributed by atoms with van der Waals surface area (Å²) in [6.45, 7) is 0. The lowest BCUT2D eigenvalue weighted by atomic mass is 10.3. The number of rotatable bonds is 3. The fourth-order valence-electron chi connectivity index (χ4n) is 0.243. The fourth-order valence-corrected chi connectivity index (χ4v) is 1.26. The lowest BCUT2D eigenvalue weighted by Crippen LogP contribution is -2.22. The normalized spacial score (nSPS) is 18.0. The molecular weight excluding hydrogens is 225 g/mol. The van der Waals surface area contributed by atoms with Crippen molar-refractivity contribution in [2.45, 2.75) is 15.6 Å². The maximum atomic E-state index is 5.59. The Morgan fingerprint density at radius 3 is 1.56 bits per heavy atom. The Kier molecular flexibility index (Phi) is 5.98. The first-order valence-electron chi connectivity index (χ1n) is 2.22. The van der Waals surface area contributed by atoms with Crippen LogP contribution in [0.3, 0.4) is 0 Å². The van der Waals surface area contributed by atoms with Crippen molar-refractivity contribution in [3.05, 3.63) is 0 Å². The van der Waals surface area contributed by atoms with E-state index in [9.17, 15) is 0 Å². The van der Waals surface area contributed by atoms with Crippen molar-refractivity contribution in [3.8, 4) is 0 Å². The van der Waals surface area contributed by atoms with Gasteiger partial charge in [-0.2, -0.15) is 0 Å². The molecule has 0 unspecified atom stereocenters. The minimum atomic E-state index is -0.659. The summed E-state index contributed by atoms with van der Waals surface area (Å²) < 4.78 is 0. The van der Waals surface area contributed by atoms with E-state index >= 15 is 0 Å². The van der Waals surface area contributed by atoms with Crippen LogP contribution in [0.25, 0.3) is 0 Å². The van der Waals surface area contributed by atoms with Gasteiger partial charge in [0, 0.05) is 5.88 Å². The second kappa shape index (κ2) is 5.15. The number of hydrogen-bond donors (Lipinski definition) is 0. The van der Waals surface area contributed by atoms with Gasteiger partial charge in [-0.05, 0) is 0 Å². The van der Waals surface area contributed by atoms with E-state index in [0.29, 0.717) is 0 Å². The Hall–Kier alpha value is 1.45. The molecule has 9 heavy (non-hydrogen) atoms. The minimum absolute atomic E-state index is 0.256. The fraction of sp³-hybridized carbons (Fsp3) is 1.00. The molecule has 0 N–H and O–H groups in total. The number of alkyl halides is 5. The topological polar surface area (TPSA) is 0 Å². The third-order valence-corrected chi connectivity index (χ3v) is 3.14. The van der Waals surface area contributed by atoms with Crippen molar-refractivity contribution in [2.75, 3.05) is 5.88 Å². The van der Waals surface area contributed by atoms with Gasteiger partial charge in [-0.1, -0.05) is 0 Å². The van der Waals surface area contributed by atoms with Crippen molar-refractivity contribution in [1.29, 1.82) is 0 Å². The molecule has 0 aromatic rings. The molecule has 0 heterocycles. The van der Waals surface area contributed by atoms with Crippen LogP contribution in [0.1, 0.15) is 0 Å². The molecule has 0 aromatic heterocycles. The monoisotopic (exact) mass is 228 g/mol. The van der Waals surface area contributed by atoms with Crippen LogP contribution in [0.4, 0.5) is 0 Å². The minimum Gasteiger partial charge on any atom is -0.125 e. The molecule has 0 amide bonds. The predicted octanol–water partition coefficient (Wildman–Crippen LogP) is 3.24. The first-order chi connectivity index (χ1) is 4.09. The summed E-state index contributed by atoms with van der Waals surface area (Å²) in [5, 5.41) is -0.846. The van der Waals surface area contributed by atoms with Gasteiger partial charge in [-0.3, -0.25) is 0 Å². The highest BCUT2D eigenvalue weighted by molar-refractivity contribution is 6.49. The van der Waals surface area contributed by atoms with E-state index in [0.717, 1.165) is 0 Å². The number of halogens is 5. The highest BCUT2D eigenvalue weighted by atomic mass is 35.5. The van der Waals surface area contributed by atoms with Gasteiger partial charge in [0.1, 0.15) is 4.84 Å². The molecule has 2 atom stereocenters. The van der Waals surface area contributed by atoms with Gasteiger partial charge in [0.25, 0.3) is 0 Å². The summed E-state index contributed by atoms with van der Waals surface area (Å²) in [6.07, 6.45) is 0. The quantitative estimate of drug-likeness (QED) is 0.653. The van der Waals surface area contributed by atoms with Crippen LogP contribution in [-0.4, -0.2) is 21.5 Å². The molecule has 0 bridgehead atoms. The Morgan fingerprint density at radius 1 is 1.00 bits per heavy atom. The largest absolute Gasteiger partial charge is 0.125 e. The molecule has 0 nitrogen and oxygen atoms in total. The van der Waals surface area contributed by atoms with Crippen molar-refractivity contribution >= 4 is 58.0 Å². The van der Waals surface area contributed by atoms with Crippen LogP contribution in [0, 0.1) is 0 Å². The van der Waals surface area contributed by atoms with E-state index in [1.54, 1.807) is 0 Å². The zero-order chi connectivity index (χ0) is 7.44. The highest BCUT2D eigenvalue weighted by Gasteiger charge is 2.21.